The molecule has 5 nitrogen and oxygen atoms in total. The lowest BCUT2D eigenvalue weighted by atomic mass is 10.3. The Hall–Kier alpha value is -1.62. The van der Waals surface area contributed by atoms with Gasteiger partial charge in [-0.25, -0.2) is 4.98 Å². The van der Waals surface area contributed by atoms with Crippen LogP contribution in [0.4, 0.5) is 0 Å². The van der Waals surface area contributed by atoms with Gasteiger partial charge in [0, 0.05) is 24.2 Å². The Kier molecular flexibility index (Phi) is 3.58. The van der Waals surface area contributed by atoms with E-state index >= 15 is 0 Å². The van der Waals surface area contributed by atoms with Crippen molar-refractivity contribution in [1.82, 2.24) is 20.2 Å². The van der Waals surface area contributed by atoms with Crippen LogP contribution in [0, 0.1) is 6.92 Å². The first-order chi connectivity index (χ1) is 8.17. The molecule has 2 aromatic rings. The predicted molar refractivity (Wildman–Crippen MR) is 64.4 cm³/mol. The number of hydrogen-bond acceptors (Lipinski definition) is 4. The normalized spacial score (nSPS) is 10.5. The van der Waals surface area contributed by atoms with Crippen LogP contribution < -0.4 is 4.74 Å². The zero-order valence-corrected chi connectivity index (χ0v) is 10.5. The van der Waals surface area contributed by atoms with Gasteiger partial charge in [-0.2, -0.15) is 4.98 Å². The van der Waals surface area contributed by atoms with Gasteiger partial charge in [0.15, 0.2) is 0 Å². The lowest BCUT2D eigenvalue weighted by molar-refractivity contribution is 0.439. The van der Waals surface area contributed by atoms with Crippen molar-refractivity contribution in [3.8, 4) is 11.8 Å². The van der Waals surface area contributed by atoms with Crippen LogP contribution >= 0.6 is 11.6 Å². The Morgan fingerprint density at radius 1 is 1.29 bits per heavy atom. The Labute approximate surface area is 104 Å². The molecular formula is C11H13ClN4O. The molecule has 0 saturated carbocycles. The topological polar surface area (TPSA) is 63.7 Å². The van der Waals surface area contributed by atoms with Crippen LogP contribution in [0.2, 0.25) is 5.15 Å². The van der Waals surface area contributed by atoms with Gasteiger partial charge in [0.2, 0.25) is 11.8 Å². The SMILES string of the molecule is CCCc1nc(Cl)cc(Oc2cc(C)[nH]n2)n1. The van der Waals surface area contributed by atoms with E-state index < -0.39 is 0 Å². The molecule has 2 rings (SSSR count). The third-order valence-electron chi connectivity index (χ3n) is 2.08. The van der Waals surface area contributed by atoms with E-state index in [4.69, 9.17) is 16.3 Å². The van der Waals surface area contributed by atoms with E-state index in [-0.39, 0.29) is 0 Å². The van der Waals surface area contributed by atoms with Crippen molar-refractivity contribution in [1.29, 1.82) is 0 Å². The summed E-state index contributed by atoms with van der Waals surface area (Å²) in [5.74, 6) is 1.57. The highest BCUT2D eigenvalue weighted by atomic mass is 35.5. The van der Waals surface area contributed by atoms with Crippen LogP contribution in [-0.2, 0) is 6.42 Å². The van der Waals surface area contributed by atoms with Crippen molar-refractivity contribution in [2.75, 3.05) is 0 Å². The molecular weight excluding hydrogens is 240 g/mol. The molecule has 0 atom stereocenters. The molecule has 0 unspecified atom stereocenters. The van der Waals surface area contributed by atoms with Crippen LogP contribution in [0.15, 0.2) is 12.1 Å². The van der Waals surface area contributed by atoms with E-state index in [0.717, 1.165) is 18.5 Å². The van der Waals surface area contributed by atoms with Crippen LogP contribution in [0.5, 0.6) is 11.8 Å². The van der Waals surface area contributed by atoms with E-state index in [9.17, 15) is 0 Å². The van der Waals surface area contributed by atoms with Gasteiger partial charge in [-0.15, -0.1) is 5.10 Å². The maximum atomic E-state index is 5.90. The molecule has 1 N–H and O–H groups in total. The summed E-state index contributed by atoms with van der Waals surface area (Å²) >= 11 is 5.90. The third-order valence-corrected chi connectivity index (χ3v) is 2.28. The first kappa shape index (κ1) is 11.9. The number of ether oxygens (including phenoxy) is 1. The van der Waals surface area contributed by atoms with E-state index in [2.05, 4.69) is 27.1 Å². The minimum Gasteiger partial charge on any atom is -0.419 e. The van der Waals surface area contributed by atoms with Crippen LogP contribution in [0.3, 0.4) is 0 Å². The number of halogens is 1. The second-order valence-electron chi connectivity index (χ2n) is 3.69. The second-order valence-corrected chi connectivity index (χ2v) is 4.07. The number of hydrogen-bond donors (Lipinski definition) is 1. The minimum atomic E-state index is 0.380. The van der Waals surface area contributed by atoms with Crippen molar-refractivity contribution in [2.24, 2.45) is 0 Å². The number of H-pyrrole nitrogens is 1. The smallest absolute Gasteiger partial charge is 0.240 e. The van der Waals surface area contributed by atoms with Crippen molar-refractivity contribution < 1.29 is 4.74 Å². The molecule has 6 heteroatoms. The highest BCUT2D eigenvalue weighted by Gasteiger charge is 2.06. The van der Waals surface area contributed by atoms with Crippen molar-refractivity contribution >= 4 is 11.6 Å². The molecule has 0 aromatic carbocycles. The lowest BCUT2D eigenvalue weighted by Gasteiger charge is -2.03. The fraction of sp³-hybridized carbons (Fsp3) is 0.364. The highest BCUT2D eigenvalue weighted by molar-refractivity contribution is 6.29. The number of aromatic nitrogens is 4. The molecule has 0 saturated heterocycles. The number of aromatic amines is 1. The Bertz CT molecular complexity index is 512. The molecule has 17 heavy (non-hydrogen) atoms. The van der Waals surface area contributed by atoms with Gasteiger partial charge in [-0.3, -0.25) is 5.10 Å². The third kappa shape index (κ3) is 3.17. The molecule has 0 aliphatic rings. The highest BCUT2D eigenvalue weighted by Crippen LogP contribution is 2.20. The van der Waals surface area contributed by atoms with Gasteiger partial charge in [-0.05, 0) is 13.3 Å². The number of nitrogens with one attached hydrogen (secondary N) is 1. The Morgan fingerprint density at radius 2 is 2.12 bits per heavy atom. The average Bonchev–Trinajstić information content (AvgIpc) is 2.63. The fourth-order valence-corrected chi connectivity index (χ4v) is 1.57. The van der Waals surface area contributed by atoms with Gasteiger partial charge >= 0.3 is 0 Å². The Balaban J connectivity index is 2.20. The van der Waals surface area contributed by atoms with Crippen LogP contribution in [-0.4, -0.2) is 20.2 Å². The van der Waals surface area contributed by atoms with Crippen molar-refractivity contribution in [3.63, 3.8) is 0 Å². The van der Waals surface area contributed by atoms with Gasteiger partial charge in [0.25, 0.3) is 0 Å². The number of aryl methyl sites for hydroxylation is 2. The molecule has 0 radical (unpaired) electrons. The molecule has 2 aromatic heterocycles. The zero-order valence-electron chi connectivity index (χ0n) is 9.70. The predicted octanol–water partition coefficient (Wildman–Crippen LogP) is 2.91. The van der Waals surface area contributed by atoms with E-state index in [1.54, 1.807) is 12.1 Å². The van der Waals surface area contributed by atoms with Crippen molar-refractivity contribution in [3.05, 3.63) is 28.8 Å². The second kappa shape index (κ2) is 5.14. The van der Waals surface area contributed by atoms with Crippen LogP contribution in [0.1, 0.15) is 24.9 Å². The molecule has 0 spiro atoms. The molecule has 0 aliphatic heterocycles. The monoisotopic (exact) mass is 252 g/mol. The fourth-order valence-electron chi connectivity index (χ4n) is 1.38. The summed E-state index contributed by atoms with van der Waals surface area (Å²) in [6, 6.07) is 3.36. The Morgan fingerprint density at radius 3 is 2.76 bits per heavy atom. The maximum Gasteiger partial charge on any atom is 0.240 e. The summed E-state index contributed by atoms with van der Waals surface area (Å²) in [6.45, 7) is 3.96. The van der Waals surface area contributed by atoms with Crippen LogP contribution in [0.25, 0.3) is 0 Å². The summed E-state index contributed by atoms with van der Waals surface area (Å²) in [4.78, 5) is 8.37. The molecule has 0 aliphatic carbocycles. The van der Waals surface area contributed by atoms with Crippen molar-refractivity contribution in [2.45, 2.75) is 26.7 Å². The first-order valence-electron chi connectivity index (χ1n) is 5.40. The van der Waals surface area contributed by atoms with Gasteiger partial charge in [0.1, 0.15) is 11.0 Å². The minimum absolute atomic E-state index is 0.380. The van der Waals surface area contributed by atoms with E-state index in [1.807, 2.05) is 6.92 Å². The van der Waals surface area contributed by atoms with Gasteiger partial charge in [0.05, 0.1) is 0 Å². The largest absolute Gasteiger partial charge is 0.419 e. The summed E-state index contributed by atoms with van der Waals surface area (Å²) < 4.78 is 5.49. The number of rotatable bonds is 4. The van der Waals surface area contributed by atoms with E-state index in [0.29, 0.717) is 22.7 Å². The lowest BCUT2D eigenvalue weighted by Crippen LogP contribution is -1.97. The van der Waals surface area contributed by atoms with E-state index in [1.165, 1.54) is 0 Å². The molecule has 2 heterocycles. The molecule has 0 bridgehead atoms. The number of nitrogens with zero attached hydrogens (tertiary/aromatic N) is 3. The average molecular weight is 253 g/mol. The standard InChI is InChI=1S/C11H13ClN4O/c1-3-4-9-13-8(12)6-10(14-9)17-11-5-7(2)15-16-11/h5-6H,3-4H2,1-2H3,(H,15,16). The summed E-state index contributed by atoms with van der Waals surface area (Å²) in [7, 11) is 0. The molecule has 0 fully saturated rings. The molecule has 90 valence electrons. The summed E-state index contributed by atoms with van der Waals surface area (Å²) in [6.07, 6.45) is 1.73. The first-order valence-corrected chi connectivity index (χ1v) is 5.78. The van der Waals surface area contributed by atoms with Gasteiger partial charge < -0.3 is 4.74 Å². The van der Waals surface area contributed by atoms with Gasteiger partial charge in [-0.1, -0.05) is 18.5 Å². The zero-order chi connectivity index (χ0) is 12.3. The quantitative estimate of drug-likeness (QED) is 0.850. The maximum absolute atomic E-state index is 5.90. The summed E-state index contributed by atoms with van der Waals surface area (Å²) in [5, 5.41) is 7.14. The summed E-state index contributed by atoms with van der Waals surface area (Å²) in [5.41, 5.74) is 0.925. The molecule has 0 amide bonds.